The molecule has 0 radical (unpaired) electrons. The van der Waals surface area contributed by atoms with Gasteiger partial charge in [0, 0.05) is 16.3 Å². The lowest BCUT2D eigenvalue weighted by molar-refractivity contribution is -0.0601. The predicted molar refractivity (Wildman–Crippen MR) is 68.1 cm³/mol. The molecular formula is C14H8F3NO2. The molecule has 0 spiro atoms. The van der Waals surface area contributed by atoms with Gasteiger partial charge in [-0.15, -0.1) is 0 Å². The molecule has 2 aromatic carbocycles. The molecule has 0 saturated carbocycles. The Morgan fingerprint density at radius 2 is 1.70 bits per heavy atom. The molecule has 0 aliphatic carbocycles. The van der Waals surface area contributed by atoms with Crippen molar-refractivity contribution in [1.82, 2.24) is 0 Å². The quantitative estimate of drug-likeness (QED) is 0.409. The van der Waals surface area contributed by atoms with Crippen molar-refractivity contribution in [3.8, 4) is 0 Å². The normalized spacial score (nSPS) is 13.2. The monoisotopic (exact) mass is 279 g/mol. The maximum absolute atomic E-state index is 12.7. The van der Waals surface area contributed by atoms with E-state index in [9.17, 15) is 13.2 Å². The SMILES string of the molecule is O/N=C(/c1ccc2c(c1)oc1ccccc12)C(F)(F)F. The van der Waals surface area contributed by atoms with E-state index in [2.05, 4.69) is 5.16 Å². The number of furan rings is 1. The largest absolute Gasteiger partial charge is 0.456 e. The van der Waals surface area contributed by atoms with Crippen LogP contribution in [0.3, 0.4) is 0 Å². The van der Waals surface area contributed by atoms with Crippen LogP contribution in [0.2, 0.25) is 0 Å². The van der Waals surface area contributed by atoms with E-state index in [4.69, 9.17) is 9.62 Å². The molecule has 1 heterocycles. The lowest BCUT2D eigenvalue weighted by Crippen LogP contribution is -2.23. The Bertz CT molecular complexity index is 818. The molecule has 0 saturated heterocycles. The van der Waals surface area contributed by atoms with Gasteiger partial charge in [0.1, 0.15) is 11.2 Å². The second kappa shape index (κ2) is 4.26. The van der Waals surface area contributed by atoms with E-state index in [0.717, 1.165) is 5.39 Å². The number of fused-ring (bicyclic) bond motifs is 3. The third kappa shape index (κ3) is 1.89. The molecule has 1 aromatic heterocycles. The number of benzene rings is 2. The molecule has 3 nitrogen and oxygen atoms in total. The number of para-hydroxylation sites is 1. The van der Waals surface area contributed by atoms with Crippen LogP contribution in [0.1, 0.15) is 5.56 Å². The van der Waals surface area contributed by atoms with Crippen LogP contribution in [0.15, 0.2) is 52.0 Å². The van der Waals surface area contributed by atoms with E-state index >= 15 is 0 Å². The van der Waals surface area contributed by atoms with Gasteiger partial charge in [-0.25, -0.2) is 0 Å². The lowest BCUT2D eigenvalue weighted by Gasteiger charge is -2.08. The molecule has 0 atom stereocenters. The van der Waals surface area contributed by atoms with Crippen molar-refractivity contribution in [3.05, 3.63) is 48.0 Å². The van der Waals surface area contributed by atoms with Gasteiger partial charge in [0.2, 0.25) is 0 Å². The van der Waals surface area contributed by atoms with Gasteiger partial charge in [-0.3, -0.25) is 0 Å². The highest BCUT2D eigenvalue weighted by Crippen LogP contribution is 2.31. The molecule has 0 aliphatic rings. The van der Waals surface area contributed by atoms with E-state index in [1.165, 1.54) is 18.2 Å². The fourth-order valence-corrected chi connectivity index (χ4v) is 2.15. The van der Waals surface area contributed by atoms with Crippen LogP contribution in [0.5, 0.6) is 0 Å². The van der Waals surface area contributed by atoms with Gasteiger partial charge in [-0.1, -0.05) is 29.4 Å². The van der Waals surface area contributed by atoms with Crippen molar-refractivity contribution in [2.24, 2.45) is 5.16 Å². The van der Waals surface area contributed by atoms with Crippen molar-refractivity contribution in [2.45, 2.75) is 6.18 Å². The summed E-state index contributed by atoms with van der Waals surface area (Å²) in [6.07, 6.45) is -4.73. The minimum absolute atomic E-state index is 0.244. The Balaban J connectivity index is 2.23. The van der Waals surface area contributed by atoms with Crippen LogP contribution in [0.25, 0.3) is 21.9 Å². The third-order valence-corrected chi connectivity index (χ3v) is 3.02. The van der Waals surface area contributed by atoms with Crippen molar-refractivity contribution < 1.29 is 22.8 Å². The van der Waals surface area contributed by atoms with Crippen molar-refractivity contribution in [1.29, 1.82) is 0 Å². The summed E-state index contributed by atoms with van der Waals surface area (Å²) in [5, 5.41) is 12.4. The molecule has 0 unspecified atom stereocenters. The number of oxime groups is 1. The molecule has 1 N–H and O–H groups in total. The highest BCUT2D eigenvalue weighted by molar-refractivity contribution is 6.10. The standard InChI is InChI=1S/C14H8F3NO2/c15-14(16,17)13(18-19)8-5-6-10-9-3-1-2-4-11(9)20-12(10)7-8/h1-7,19H/b18-13-. The van der Waals surface area contributed by atoms with Gasteiger partial charge in [0.05, 0.1) is 0 Å². The molecule has 0 fully saturated rings. The van der Waals surface area contributed by atoms with E-state index in [1.807, 2.05) is 12.1 Å². The first-order valence-corrected chi connectivity index (χ1v) is 5.71. The summed E-state index contributed by atoms with van der Waals surface area (Å²) in [4.78, 5) is 0. The predicted octanol–water partition coefficient (Wildman–Crippen LogP) is 4.33. The first-order valence-electron chi connectivity index (χ1n) is 5.71. The van der Waals surface area contributed by atoms with E-state index in [0.29, 0.717) is 16.6 Å². The Morgan fingerprint density at radius 1 is 1.00 bits per heavy atom. The molecular weight excluding hydrogens is 271 g/mol. The summed E-state index contributed by atoms with van der Waals surface area (Å²) < 4.78 is 43.6. The number of nitrogens with zero attached hydrogens (tertiary/aromatic N) is 1. The number of hydrogen-bond donors (Lipinski definition) is 1. The van der Waals surface area contributed by atoms with Gasteiger partial charge < -0.3 is 9.62 Å². The maximum atomic E-state index is 12.7. The highest BCUT2D eigenvalue weighted by atomic mass is 19.4. The van der Waals surface area contributed by atoms with Gasteiger partial charge in [-0.05, 0) is 18.2 Å². The van der Waals surface area contributed by atoms with Crippen LogP contribution >= 0.6 is 0 Å². The van der Waals surface area contributed by atoms with Crippen molar-refractivity contribution in [3.63, 3.8) is 0 Å². The average molecular weight is 279 g/mol. The molecule has 6 heteroatoms. The topological polar surface area (TPSA) is 45.7 Å². The van der Waals surface area contributed by atoms with E-state index in [-0.39, 0.29) is 5.56 Å². The Kier molecular flexibility index (Phi) is 2.67. The van der Waals surface area contributed by atoms with Crippen LogP contribution in [0, 0.1) is 0 Å². The first kappa shape index (κ1) is 12.5. The Hall–Kier alpha value is -2.50. The van der Waals surface area contributed by atoms with E-state index < -0.39 is 11.9 Å². The van der Waals surface area contributed by atoms with Gasteiger partial charge in [-0.2, -0.15) is 13.2 Å². The highest BCUT2D eigenvalue weighted by Gasteiger charge is 2.37. The van der Waals surface area contributed by atoms with E-state index in [1.54, 1.807) is 12.1 Å². The second-order valence-corrected chi connectivity index (χ2v) is 4.26. The third-order valence-electron chi connectivity index (χ3n) is 3.02. The van der Waals surface area contributed by atoms with Crippen molar-refractivity contribution >= 4 is 27.7 Å². The van der Waals surface area contributed by atoms with Gasteiger partial charge in [0.25, 0.3) is 0 Å². The van der Waals surface area contributed by atoms with Crippen LogP contribution in [-0.2, 0) is 0 Å². The number of alkyl halides is 3. The number of hydrogen-bond acceptors (Lipinski definition) is 3. The minimum Gasteiger partial charge on any atom is -0.456 e. The Morgan fingerprint density at radius 3 is 2.40 bits per heavy atom. The second-order valence-electron chi connectivity index (χ2n) is 4.26. The average Bonchev–Trinajstić information content (AvgIpc) is 2.75. The molecule has 20 heavy (non-hydrogen) atoms. The molecule has 0 aliphatic heterocycles. The zero-order valence-corrected chi connectivity index (χ0v) is 9.98. The Labute approximate surface area is 110 Å². The summed E-state index contributed by atoms with van der Waals surface area (Å²) in [5.74, 6) is 0. The minimum atomic E-state index is -4.73. The molecule has 3 aromatic rings. The summed E-state index contributed by atoms with van der Waals surface area (Å²) >= 11 is 0. The summed E-state index contributed by atoms with van der Waals surface area (Å²) in [7, 11) is 0. The van der Waals surface area contributed by atoms with Crippen LogP contribution in [-0.4, -0.2) is 17.1 Å². The van der Waals surface area contributed by atoms with Gasteiger partial charge >= 0.3 is 6.18 Å². The lowest BCUT2D eigenvalue weighted by atomic mass is 10.1. The molecule has 0 bridgehead atoms. The van der Waals surface area contributed by atoms with Crippen LogP contribution in [0.4, 0.5) is 13.2 Å². The fourth-order valence-electron chi connectivity index (χ4n) is 2.15. The smallest absolute Gasteiger partial charge is 0.437 e. The maximum Gasteiger partial charge on any atom is 0.437 e. The summed E-state index contributed by atoms with van der Waals surface area (Å²) in [6, 6.07) is 11.2. The summed E-state index contributed by atoms with van der Waals surface area (Å²) in [5.41, 5.74) is -0.686. The molecule has 102 valence electrons. The number of rotatable bonds is 1. The first-order chi connectivity index (χ1) is 9.50. The number of halogens is 3. The molecule has 0 amide bonds. The van der Waals surface area contributed by atoms with Crippen molar-refractivity contribution in [2.75, 3.05) is 0 Å². The zero-order chi connectivity index (χ0) is 14.3. The fraction of sp³-hybridized carbons (Fsp3) is 0.0714. The zero-order valence-electron chi connectivity index (χ0n) is 9.98. The molecule has 3 rings (SSSR count). The van der Waals surface area contributed by atoms with Gasteiger partial charge in [0.15, 0.2) is 5.71 Å². The van der Waals surface area contributed by atoms with Crippen LogP contribution < -0.4 is 0 Å². The summed E-state index contributed by atoms with van der Waals surface area (Å²) in [6.45, 7) is 0.